The number of morpholine rings is 1. The minimum absolute atomic E-state index is 0.0627. The van der Waals surface area contributed by atoms with Gasteiger partial charge < -0.3 is 14.5 Å². The van der Waals surface area contributed by atoms with E-state index in [1.54, 1.807) is 11.3 Å². The van der Waals surface area contributed by atoms with E-state index in [2.05, 4.69) is 21.7 Å². The summed E-state index contributed by atoms with van der Waals surface area (Å²) in [5.74, 6) is 1.89. The molecule has 1 N–H and O–H groups in total. The van der Waals surface area contributed by atoms with Crippen LogP contribution >= 0.6 is 11.3 Å². The fourth-order valence-corrected chi connectivity index (χ4v) is 3.63. The molecule has 1 amide bonds. The predicted molar refractivity (Wildman–Crippen MR) is 94.2 cm³/mol. The van der Waals surface area contributed by atoms with Crippen LogP contribution in [0.5, 0.6) is 0 Å². The van der Waals surface area contributed by atoms with E-state index in [1.165, 1.54) is 5.56 Å². The molecule has 2 aromatic rings. The Balaban J connectivity index is 1.55. The maximum absolute atomic E-state index is 12.2. The first kappa shape index (κ1) is 17.2. The van der Waals surface area contributed by atoms with Gasteiger partial charge >= 0.3 is 0 Å². The number of furan rings is 1. The quantitative estimate of drug-likeness (QED) is 0.836. The number of carbonyl (C=O) groups excluding carboxylic acids is 1. The molecule has 0 radical (unpaired) electrons. The average Bonchev–Trinajstić information content (AvgIpc) is 3.26. The lowest BCUT2D eigenvalue weighted by atomic mass is 10.1. The van der Waals surface area contributed by atoms with Crippen LogP contribution in [0.25, 0.3) is 0 Å². The molecular formula is C18H24N2O3S. The van der Waals surface area contributed by atoms with Gasteiger partial charge in [0.15, 0.2) is 0 Å². The van der Waals surface area contributed by atoms with Gasteiger partial charge in [0.25, 0.3) is 0 Å². The standard InChI is InChI=1S/C18H24N2O3S/c1-14-2-4-17(23-14)16(20-7-9-22-10-8-20)12-19-18(21)5-3-15-6-11-24-13-15/h2,4,6,11,13,16H,3,5,7-10,12H2,1H3,(H,19,21)/t16-/m1/s1. The Hall–Kier alpha value is -1.63. The first-order chi connectivity index (χ1) is 11.7. The van der Waals surface area contributed by atoms with E-state index < -0.39 is 0 Å². The minimum Gasteiger partial charge on any atom is -0.465 e. The first-order valence-electron chi connectivity index (χ1n) is 8.38. The molecule has 1 fully saturated rings. The molecule has 1 aliphatic heterocycles. The van der Waals surface area contributed by atoms with Gasteiger partial charge in [-0.25, -0.2) is 0 Å². The molecule has 6 heteroatoms. The van der Waals surface area contributed by atoms with Crippen LogP contribution in [-0.2, 0) is 16.0 Å². The Bertz CT molecular complexity index is 632. The molecular weight excluding hydrogens is 324 g/mol. The number of carbonyl (C=O) groups is 1. The van der Waals surface area contributed by atoms with Gasteiger partial charge in [0, 0.05) is 26.1 Å². The molecule has 130 valence electrons. The molecule has 3 heterocycles. The van der Waals surface area contributed by atoms with Gasteiger partial charge in [-0.05, 0) is 47.9 Å². The molecule has 2 aromatic heterocycles. The number of ether oxygens (including phenoxy) is 1. The Morgan fingerprint density at radius 1 is 1.33 bits per heavy atom. The summed E-state index contributed by atoms with van der Waals surface area (Å²) >= 11 is 1.67. The zero-order valence-corrected chi connectivity index (χ0v) is 14.8. The van der Waals surface area contributed by atoms with Crippen LogP contribution in [0.15, 0.2) is 33.4 Å². The third-order valence-corrected chi connectivity index (χ3v) is 5.02. The minimum atomic E-state index is 0.0627. The van der Waals surface area contributed by atoms with Gasteiger partial charge in [-0.1, -0.05) is 0 Å². The second kappa shape index (κ2) is 8.46. The summed E-state index contributed by atoms with van der Waals surface area (Å²) in [4.78, 5) is 14.5. The average molecular weight is 348 g/mol. The molecule has 1 aliphatic rings. The Morgan fingerprint density at radius 3 is 2.83 bits per heavy atom. The molecule has 1 saturated heterocycles. The lowest BCUT2D eigenvalue weighted by Crippen LogP contribution is -2.43. The monoisotopic (exact) mass is 348 g/mol. The van der Waals surface area contributed by atoms with Crippen LogP contribution in [0.1, 0.15) is 29.5 Å². The van der Waals surface area contributed by atoms with Crippen molar-refractivity contribution in [3.8, 4) is 0 Å². The van der Waals surface area contributed by atoms with Crippen molar-refractivity contribution in [1.82, 2.24) is 10.2 Å². The highest BCUT2D eigenvalue weighted by Gasteiger charge is 2.25. The summed E-state index contributed by atoms with van der Waals surface area (Å²) < 4.78 is 11.3. The number of hydrogen-bond donors (Lipinski definition) is 1. The van der Waals surface area contributed by atoms with Crippen molar-refractivity contribution in [3.63, 3.8) is 0 Å². The molecule has 0 aliphatic carbocycles. The number of hydrogen-bond acceptors (Lipinski definition) is 5. The molecule has 3 rings (SSSR count). The highest BCUT2D eigenvalue weighted by molar-refractivity contribution is 7.07. The lowest BCUT2D eigenvalue weighted by Gasteiger charge is -2.33. The summed E-state index contributed by atoms with van der Waals surface area (Å²) in [5, 5.41) is 7.21. The fraction of sp³-hybridized carbons (Fsp3) is 0.500. The van der Waals surface area contributed by atoms with Crippen LogP contribution in [-0.4, -0.2) is 43.7 Å². The summed E-state index contributed by atoms with van der Waals surface area (Å²) in [5.41, 5.74) is 1.22. The Labute approximate surface area is 146 Å². The fourth-order valence-electron chi connectivity index (χ4n) is 2.92. The van der Waals surface area contributed by atoms with E-state index in [9.17, 15) is 4.79 Å². The largest absolute Gasteiger partial charge is 0.465 e. The van der Waals surface area contributed by atoms with E-state index in [-0.39, 0.29) is 11.9 Å². The summed E-state index contributed by atoms with van der Waals surface area (Å²) in [6, 6.07) is 6.11. The number of thiophene rings is 1. The topological polar surface area (TPSA) is 54.7 Å². The Kier molecular flexibility index (Phi) is 6.07. The molecule has 1 atom stereocenters. The van der Waals surface area contributed by atoms with Gasteiger partial charge in [0.1, 0.15) is 11.5 Å². The van der Waals surface area contributed by atoms with E-state index in [1.807, 2.05) is 24.4 Å². The maximum atomic E-state index is 12.2. The summed E-state index contributed by atoms with van der Waals surface area (Å²) in [6.07, 6.45) is 1.31. The van der Waals surface area contributed by atoms with Crippen molar-refractivity contribution >= 4 is 17.2 Å². The molecule has 0 aromatic carbocycles. The van der Waals surface area contributed by atoms with Gasteiger partial charge in [-0.2, -0.15) is 11.3 Å². The van der Waals surface area contributed by atoms with Gasteiger partial charge in [0.05, 0.1) is 19.3 Å². The number of aryl methyl sites for hydroxylation is 2. The molecule has 0 spiro atoms. The highest BCUT2D eigenvalue weighted by Crippen LogP contribution is 2.23. The van der Waals surface area contributed by atoms with Gasteiger partial charge in [-0.15, -0.1) is 0 Å². The van der Waals surface area contributed by atoms with E-state index in [4.69, 9.17) is 9.15 Å². The third-order valence-electron chi connectivity index (χ3n) is 4.29. The van der Waals surface area contributed by atoms with Crippen molar-refractivity contribution < 1.29 is 13.9 Å². The van der Waals surface area contributed by atoms with Crippen LogP contribution in [0.3, 0.4) is 0 Å². The van der Waals surface area contributed by atoms with Crippen LogP contribution < -0.4 is 5.32 Å². The van der Waals surface area contributed by atoms with Crippen molar-refractivity contribution in [3.05, 3.63) is 46.0 Å². The van der Waals surface area contributed by atoms with Gasteiger partial charge in [0.2, 0.25) is 5.91 Å². The maximum Gasteiger partial charge on any atom is 0.220 e. The third kappa shape index (κ3) is 4.69. The SMILES string of the molecule is Cc1ccc([C@@H](CNC(=O)CCc2ccsc2)N2CCOCC2)o1. The van der Waals surface area contributed by atoms with Crippen molar-refractivity contribution in [2.75, 3.05) is 32.8 Å². The second-order valence-electron chi connectivity index (χ2n) is 6.05. The van der Waals surface area contributed by atoms with Crippen LogP contribution in [0.4, 0.5) is 0 Å². The van der Waals surface area contributed by atoms with E-state index in [0.29, 0.717) is 13.0 Å². The number of nitrogens with one attached hydrogen (secondary N) is 1. The van der Waals surface area contributed by atoms with E-state index in [0.717, 1.165) is 44.2 Å². The summed E-state index contributed by atoms with van der Waals surface area (Å²) in [6.45, 7) is 5.67. The van der Waals surface area contributed by atoms with Crippen molar-refractivity contribution in [1.29, 1.82) is 0 Å². The molecule has 0 saturated carbocycles. The number of nitrogens with zero attached hydrogens (tertiary/aromatic N) is 1. The normalized spacial score (nSPS) is 16.9. The predicted octanol–water partition coefficient (Wildman–Crippen LogP) is 2.77. The smallest absolute Gasteiger partial charge is 0.220 e. The number of amides is 1. The molecule has 0 bridgehead atoms. The van der Waals surface area contributed by atoms with Crippen LogP contribution in [0.2, 0.25) is 0 Å². The molecule has 0 unspecified atom stereocenters. The first-order valence-corrected chi connectivity index (χ1v) is 9.32. The van der Waals surface area contributed by atoms with Gasteiger partial charge in [-0.3, -0.25) is 9.69 Å². The summed E-state index contributed by atoms with van der Waals surface area (Å²) in [7, 11) is 0. The zero-order chi connectivity index (χ0) is 16.8. The highest BCUT2D eigenvalue weighted by atomic mass is 32.1. The van der Waals surface area contributed by atoms with Crippen molar-refractivity contribution in [2.24, 2.45) is 0 Å². The zero-order valence-electron chi connectivity index (χ0n) is 14.0. The second-order valence-corrected chi connectivity index (χ2v) is 6.83. The molecule has 5 nitrogen and oxygen atoms in total. The number of rotatable bonds is 7. The van der Waals surface area contributed by atoms with Crippen LogP contribution in [0, 0.1) is 6.92 Å². The molecule has 24 heavy (non-hydrogen) atoms. The lowest BCUT2D eigenvalue weighted by molar-refractivity contribution is -0.121. The Morgan fingerprint density at radius 2 is 2.17 bits per heavy atom. The van der Waals surface area contributed by atoms with Crippen molar-refractivity contribution in [2.45, 2.75) is 25.8 Å². The van der Waals surface area contributed by atoms with E-state index >= 15 is 0 Å².